The number of benzene rings is 1. The summed E-state index contributed by atoms with van der Waals surface area (Å²) < 4.78 is 7.47. The Labute approximate surface area is 160 Å². The number of aromatic nitrogens is 1. The number of nitrogens with one attached hydrogen (secondary N) is 1. The van der Waals surface area contributed by atoms with Crippen LogP contribution in [0, 0.1) is 0 Å². The molecule has 0 bridgehead atoms. The van der Waals surface area contributed by atoms with Crippen LogP contribution in [-0.2, 0) is 25.5 Å². The highest BCUT2D eigenvalue weighted by molar-refractivity contribution is 5.91. The molecule has 0 fully saturated rings. The molecule has 28 heavy (non-hydrogen) atoms. The third-order valence-electron chi connectivity index (χ3n) is 5.14. The average molecular weight is 378 g/mol. The van der Waals surface area contributed by atoms with Crippen molar-refractivity contribution in [3.63, 3.8) is 0 Å². The second kappa shape index (κ2) is 7.40. The van der Waals surface area contributed by atoms with E-state index in [9.17, 15) is 19.5 Å². The van der Waals surface area contributed by atoms with E-state index in [-0.39, 0.29) is 13.0 Å². The zero-order valence-electron chi connectivity index (χ0n) is 14.9. The molecule has 1 aliphatic heterocycles. The predicted molar refractivity (Wildman–Crippen MR) is 102 cm³/mol. The van der Waals surface area contributed by atoms with Crippen LogP contribution in [0.2, 0.25) is 0 Å². The lowest BCUT2D eigenvalue weighted by molar-refractivity contribution is -0.141. The quantitative estimate of drug-likeness (QED) is 0.610. The van der Waals surface area contributed by atoms with E-state index in [4.69, 9.17) is 4.74 Å². The van der Waals surface area contributed by atoms with E-state index in [1.807, 2.05) is 42.4 Å². The summed E-state index contributed by atoms with van der Waals surface area (Å²) in [5.41, 5.74) is 3.27. The summed E-state index contributed by atoms with van der Waals surface area (Å²) in [5, 5.41) is 13.3. The number of allylic oxidation sites excluding steroid dienone is 3. The van der Waals surface area contributed by atoms with E-state index in [1.165, 1.54) is 4.57 Å². The van der Waals surface area contributed by atoms with Gasteiger partial charge in [-0.3, -0.25) is 19.5 Å². The lowest BCUT2D eigenvalue weighted by Gasteiger charge is -2.30. The summed E-state index contributed by atoms with van der Waals surface area (Å²) in [6.07, 6.45) is 6.09. The Morgan fingerprint density at radius 3 is 2.96 bits per heavy atom. The van der Waals surface area contributed by atoms with Crippen LogP contribution in [0.3, 0.4) is 0 Å². The third-order valence-corrected chi connectivity index (χ3v) is 5.14. The van der Waals surface area contributed by atoms with Gasteiger partial charge in [-0.25, -0.2) is 4.79 Å². The van der Waals surface area contributed by atoms with Crippen LogP contribution in [-0.4, -0.2) is 40.6 Å². The molecule has 4 rings (SSSR count). The SMILES string of the molecule is O=C=C1CC=CC=C1CO[C@@H]1NC(C(=O)O)Cc2c1n(C=O)c1ccccc21. The number of hydrogen-bond donors (Lipinski definition) is 2. The van der Waals surface area contributed by atoms with Crippen molar-refractivity contribution in [2.24, 2.45) is 0 Å². The number of para-hydroxylation sites is 1. The molecule has 7 heteroatoms. The van der Waals surface area contributed by atoms with Crippen LogP contribution in [0.4, 0.5) is 0 Å². The summed E-state index contributed by atoms with van der Waals surface area (Å²) in [6, 6.07) is 6.52. The van der Waals surface area contributed by atoms with Gasteiger partial charge in [-0.2, -0.15) is 0 Å². The van der Waals surface area contributed by atoms with E-state index < -0.39 is 18.2 Å². The summed E-state index contributed by atoms with van der Waals surface area (Å²) in [4.78, 5) is 34.6. The zero-order chi connectivity index (χ0) is 19.7. The standard InChI is InChI=1S/C21H18N2O5/c24-10-13-5-1-2-6-14(13)11-28-20-19-16(9-17(22-20)21(26)27)15-7-3-4-8-18(15)23(19)12-25/h1-4,6-8,12,17,20,22H,5,9,11H2,(H,26,27)/t17?,20-/m0/s1. The number of fused-ring (bicyclic) bond motifs is 3. The Morgan fingerprint density at radius 2 is 2.21 bits per heavy atom. The van der Waals surface area contributed by atoms with Crippen LogP contribution in [0.25, 0.3) is 10.9 Å². The van der Waals surface area contributed by atoms with Gasteiger partial charge in [0, 0.05) is 23.8 Å². The summed E-state index contributed by atoms with van der Waals surface area (Å²) >= 11 is 0. The fraction of sp³-hybridized carbons (Fsp3) is 0.238. The number of carboxylic acids is 1. The number of rotatable bonds is 5. The van der Waals surface area contributed by atoms with Gasteiger partial charge in [0.1, 0.15) is 12.0 Å². The first kappa shape index (κ1) is 18.1. The van der Waals surface area contributed by atoms with E-state index in [1.54, 1.807) is 6.08 Å². The highest BCUT2D eigenvalue weighted by Crippen LogP contribution is 2.35. The monoisotopic (exact) mass is 378 g/mol. The first-order valence-corrected chi connectivity index (χ1v) is 8.91. The molecule has 2 aliphatic rings. The van der Waals surface area contributed by atoms with E-state index in [0.29, 0.717) is 35.2 Å². The van der Waals surface area contributed by atoms with Gasteiger partial charge >= 0.3 is 5.97 Å². The first-order valence-electron chi connectivity index (χ1n) is 8.91. The zero-order valence-corrected chi connectivity index (χ0v) is 14.9. The van der Waals surface area contributed by atoms with Crippen LogP contribution < -0.4 is 5.32 Å². The van der Waals surface area contributed by atoms with Crippen molar-refractivity contribution in [3.8, 4) is 0 Å². The maximum atomic E-state index is 11.8. The van der Waals surface area contributed by atoms with Crippen molar-refractivity contribution in [1.29, 1.82) is 0 Å². The summed E-state index contributed by atoms with van der Waals surface area (Å²) in [7, 11) is 0. The minimum absolute atomic E-state index is 0.0960. The molecule has 0 spiro atoms. The van der Waals surface area contributed by atoms with Crippen LogP contribution >= 0.6 is 0 Å². The molecule has 0 radical (unpaired) electrons. The van der Waals surface area contributed by atoms with E-state index in [0.717, 1.165) is 10.9 Å². The van der Waals surface area contributed by atoms with Gasteiger partial charge in [0.25, 0.3) is 0 Å². The predicted octanol–water partition coefficient (Wildman–Crippen LogP) is 1.94. The average Bonchev–Trinajstić information content (AvgIpc) is 3.06. The summed E-state index contributed by atoms with van der Waals surface area (Å²) in [5.74, 6) is 0.933. The molecule has 0 saturated carbocycles. The maximum absolute atomic E-state index is 11.8. The van der Waals surface area contributed by atoms with Gasteiger partial charge in [0.15, 0.2) is 6.23 Å². The van der Waals surface area contributed by atoms with Crippen molar-refractivity contribution in [2.75, 3.05) is 6.61 Å². The Bertz CT molecular complexity index is 1070. The molecule has 142 valence electrons. The van der Waals surface area contributed by atoms with Gasteiger partial charge in [-0.05, 0) is 17.2 Å². The molecule has 7 nitrogen and oxygen atoms in total. The van der Waals surface area contributed by atoms with Gasteiger partial charge in [0.05, 0.1) is 17.8 Å². The number of hydrogen-bond acceptors (Lipinski definition) is 5. The number of aliphatic carboxylic acids is 1. The molecule has 2 heterocycles. The van der Waals surface area contributed by atoms with E-state index in [2.05, 4.69) is 5.32 Å². The molecule has 2 atom stereocenters. The smallest absolute Gasteiger partial charge is 0.321 e. The van der Waals surface area contributed by atoms with E-state index >= 15 is 0 Å². The number of carboxylic acid groups (broad SMARTS) is 1. The molecular weight excluding hydrogens is 360 g/mol. The molecule has 1 aromatic carbocycles. The molecule has 2 N–H and O–H groups in total. The van der Waals surface area contributed by atoms with Gasteiger partial charge in [-0.15, -0.1) is 0 Å². The van der Waals surface area contributed by atoms with Crippen LogP contribution in [0.5, 0.6) is 0 Å². The molecule has 0 amide bonds. The molecule has 0 saturated heterocycles. The molecule has 1 unspecified atom stereocenters. The fourth-order valence-electron chi connectivity index (χ4n) is 3.79. The second-order valence-electron chi connectivity index (χ2n) is 6.71. The highest BCUT2D eigenvalue weighted by atomic mass is 16.5. The van der Waals surface area contributed by atoms with Gasteiger partial charge in [0.2, 0.25) is 6.41 Å². The first-order chi connectivity index (χ1) is 13.6. The Morgan fingerprint density at radius 1 is 1.39 bits per heavy atom. The van der Waals surface area contributed by atoms with Crippen LogP contribution in [0.15, 0.2) is 53.6 Å². The van der Waals surface area contributed by atoms with Crippen molar-refractivity contribution in [2.45, 2.75) is 25.1 Å². The van der Waals surface area contributed by atoms with Crippen molar-refractivity contribution in [1.82, 2.24) is 9.88 Å². The lowest BCUT2D eigenvalue weighted by atomic mass is 9.97. The fourth-order valence-corrected chi connectivity index (χ4v) is 3.79. The molecule has 1 aliphatic carbocycles. The number of carbonyl (C=O) groups excluding carboxylic acids is 2. The van der Waals surface area contributed by atoms with Crippen LogP contribution in [0.1, 0.15) is 23.9 Å². The molecule has 1 aromatic heterocycles. The summed E-state index contributed by atoms with van der Waals surface area (Å²) in [6.45, 7) is 0.0960. The minimum atomic E-state index is -0.990. The topological polar surface area (TPSA) is 97.6 Å². The maximum Gasteiger partial charge on any atom is 0.321 e. The Hall–Kier alpha value is -3.25. The van der Waals surface area contributed by atoms with Crippen molar-refractivity contribution >= 4 is 29.2 Å². The Kier molecular flexibility index (Phi) is 4.79. The molecule has 2 aromatic rings. The minimum Gasteiger partial charge on any atom is -0.480 e. The van der Waals surface area contributed by atoms with Crippen molar-refractivity contribution in [3.05, 3.63) is 64.9 Å². The second-order valence-corrected chi connectivity index (χ2v) is 6.71. The number of nitrogens with zero attached hydrogens (tertiary/aromatic N) is 1. The number of ether oxygens (including phenoxy) is 1. The van der Waals surface area contributed by atoms with Crippen molar-refractivity contribution < 1.29 is 24.2 Å². The third kappa shape index (κ3) is 3.01. The normalized spacial score (nSPS) is 21.1. The Balaban J connectivity index is 1.74. The lowest BCUT2D eigenvalue weighted by Crippen LogP contribution is -2.46. The largest absolute Gasteiger partial charge is 0.480 e. The highest BCUT2D eigenvalue weighted by Gasteiger charge is 2.35. The van der Waals surface area contributed by atoms with Gasteiger partial charge in [-0.1, -0.05) is 36.4 Å². The number of carbonyl (C=O) groups is 2. The van der Waals surface area contributed by atoms with Gasteiger partial charge < -0.3 is 9.84 Å². The molecular formula is C21H18N2O5.